The molecule has 5 heteroatoms. The largest absolute Gasteiger partial charge is 0.311 e. The van der Waals surface area contributed by atoms with Gasteiger partial charge in [-0.1, -0.05) is 18.5 Å². The second-order valence-electron chi connectivity index (χ2n) is 3.95. The van der Waals surface area contributed by atoms with Crippen molar-refractivity contribution in [2.45, 2.75) is 19.9 Å². The lowest BCUT2D eigenvalue weighted by atomic mass is 10.2. The maximum Gasteiger partial charge on any atom is 0.141 e. The molecule has 0 aliphatic carbocycles. The SMILES string of the molecule is CCCNCc1csc(-c2ccc(F)c(Cl)c2)n1. The van der Waals surface area contributed by atoms with Crippen molar-refractivity contribution in [1.29, 1.82) is 0 Å². The zero-order chi connectivity index (χ0) is 13.0. The van der Waals surface area contributed by atoms with Gasteiger partial charge < -0.3 is 5.32 Å². The molecule has 1 aromatic carbocycles. The van der Waals surface area contributed by atoms with Crippen molar-refractivity contribution in [3.05, 3.63) is 40.1 Å². The highest BCUT2D eigenvalue weighted by molar-refractivity contribution is 7.13. The maximum absolute atomic E-state index is 13.1. The highest BCUT2D eigenvalue weighted by Crippen LogP contribution is 2.27. The van der Waals surface area contributed by atoms with Crippen LogP contribution in [0.1, 0.15) is 19.0 Å². The monoisotopic (exact) mass is 284 g/mol. The molecular formula is C13H14ClFN2S. The topological polar surface area (TPSA) is 24.9 Å². The average molecular weight is 285 g/mol. The van der Waals surface area contributed by atoms with E-state index in [4.69, 9.17) is 11.6 Å². The van der Waals surface area contributed by atoms with Gasteiger partial charge in [0, 0.05) is 17.5 Å². The fraction of sp³-hybridized carbons (Fsp3) is 0.308. The van der Waals surface area contributed by atoms with Crippen molar-refractivity contribution < 1.29 is 4.39 Å². The number of benzene rings is 1. The predicted molar refractivity (Wildman–Crippen MR) is 74.5 cm³/mol. The number of halogens is 2. The summed E-state index contributed by atoms with van der Waals surface area (Å²) in [7, 11) is 0. The summed E-state index contributed by atoms with van der Waals surface area (Å²) in [6, 6.07) is 4.68. The average Bonchev–Trinajstić information content (AvgIpc) is 2.82. The van der Waals surface area contributed by atoms with Crippen LogP contribution in [0.2, 0.25) is 5.02 Å². The highest BCUT2D eigenvalue weighted by atomic mass is 35.5. The number of thiazole rings is 1. The Labute approximate surface area is 115 Å². The first-order valence-electron chi connectivity index (χ1n) is 5.81. The summed E-state index contributed by atoms with van der Waals surface area (Å²) in [6.45, 7) is 3.87. The van der Waals surface area contributed by atoms with E-state index in [0.717, 1.165) is 35.8 Å². The number of nitrogens with zero attached hydrogens (tertiary/aromatic N) is 1. The lowest BCUT2D eigenvalue weighted by Gasteiger charge is -1.99. The zero-order valence-electron chi connectivity index (χ0n) is 10.0. The molecule has 0 radical (unpaired) electrons. The molecule has 1 aromatic heterocycles. The van der Waals surface area contributed by atoms with Gasteiger partial charge in [0.15, 0.2) is 0 Å². The first kappa shape index (κ1) is 13.5. The van der Waals surface area contributed by atoms with Gasteiger partial charge in [-0.25, -0.2) is 9.37 Å². The van der Waals surface area contributed by atoms with E-state index in [9.17, 15) is 4.39 Å². The van der Waals surface area contributed by atoms with Gasteiger partial charge in [-0.3, -0.25) is 0 Å². The van der Waals surface area contributed by atoms with Gasteiger partial charge in [0.25, 0.3) is 0 Å². The lowest BCUT2D eigenvalue weighted by Crippen LogP contribution is -2.13. The molecule has 1 N–H and O–H groups in total. The molecule has 0 saturated carbocycles. The molecule has 0 amide bonds. The Kier molecular flexibility index (Phi) is 4.69. The van der Waals surface area contributed by atoms with Crippen LogP contribution in [0.4, 0.5) is 4.39 Å². The normalized spacial score (nSPS) is 10.8. The Morgan fingerprint density at radius 2 is 2.28 bits per heavy atom. The molecule has 2 rings (SSSR count). The zero-order valence-corrected chi connectivity index (χ0v) is 11.6. The summed E-state index contributed by atoms with van der Waals surface area (Å²) < 4.78 is 13.1. The van der Waals surface area contributed by atoms with Crippen molar-refractivity contribution in [1.82, 2.24) is 10.3 Å². The number of hydrogen-bond acceptors (Lipinski definition) is 3. The van der Waals surface area contributed by atoms with Gasteiger partial charge in [0.1, 0.15) is 10.8 Å². The van der Waals surface area contributed by atoms with Crippen molar-refractivity contribution >= 4 is 22.9 Å². The smallest absolute Gasteiger partial charge is 0.141 e. The van der Waals surface area contributed by atoms with Gasteiger partial charge in [0.2, 0.25) is 0 Å². The molecule has 96 valence electrons. The van der Waals surface area contributed by atoms with Crippen LogP contribution in [-0.4, -0.2) is 11.5 Å². The number of aromatic nitrogens is 1. The van der Waals surface area contributed by atoms with Gasteiger partial charge in [-0.05, 0) is 31.2 Å². The second-order valence-corrected chi connectivity index (χ2v) is 5.21. The second kappa shape index (κ2) is 6.27. The number of rotatable bonds is 5. The van der Waals surface area contributed by atoms with E-state index in [1.54, 1.807) is 23.5 Å². The number of hydrogen-bond donors (Lipinski definition) is 1. The van der Waals surface area contributed by atoms with Crippen LogP contribution in [0.15, 0.2) is 23.6 Å². The summed E-state index contributed by atoms with van der Waals surface area (Å²) in [5.74, 6) is -0.401. The fourth-order valence-corrected chi connectivity index (χ4v) is 2.54. The molecule has 0 aliphatic rings. The van der Waals surface area contributed by atoms with E-state index in [0.29, 0.717) is 0 Å². The van der Waals surface area contributed by atoms with Crippen LogP contribution in [0.25, 0.3) is 10.6 Å². The van der Waals surface area contributed by atoms with Crippen LogP contribution in [0.5, 0.6) is 0 Å². The first-order valence-corrected chi connectivity index (χ1v) is 7.07. The predicted octanol–water partition coefficient (Wildman–Crippen LogP) is 4.10. The van der Waals surface area contributed by atoms with Crippen LogP contribution in [0.3, 0.4) is 0 Å². The summed E-state index contributed by atoms with van der Waals surface area (Å²) in [6.07, 6.45) is 1.10. The van der Waals surface area contributed by atoms with Crippen LogP contribution in [0, 0.1) is 5.82 Å². The van der Waals surface area contributed by atoms with E-state index in [2.05, 4.69) is 17.2 Å². The van der Waals surface area contributed by atoms with Crippen molar-refractivity contribution in [2.75, 3.05) is 6.54 Å². The Bertz CT molecular complexity index is 527. The van der Waals surface area contributed by atoms with Crippen LogP contribution < -0.4 is 5.32 Å². The molecule has 2 aromatic rings. The Morgan fingerprint density at radius 1 is 1.44 bits per heavy atom. The van der Waals surface area contributed by atoms with Gasteiger partial charge in [0.05, 0.1) is 10.7 Å². The van der Waals surface area contributed by atoms with Crippen molar-refractivity contribution in [3.63, 3.8) is 0 Å². The third kappa shape index (κ3) is 3.28. The van der Waals surface area contributed by atoms with Crippen LogP contribution in [-0.2, 0) is 6.54 Å². The van der Waals surface area contributed by atoms with Crippen LogP contribution >= 0.6 is 22.9 Å². The minimum absolute atomic E-state index is 0.133. The minimum Gasteiger partial charge on any atom is -0.311 e. The van der Waals surface area contributed by atoms with Gasteiger partial charge >= 0.3 is 0 Å². The van der Waals surface area contributed by atoms with E-state index in [1.165, 1.54) is 6.07 Å². The number of nitrogens with one attached hydrogen (secondary N) is 1. The molecule has 0 atom stereocenters. The van der Waals surface area contributed by atoms with E-state index >= 15 is 0 Å². The lowest BCUT2D eigenvalue weighted by molar-refractivity contribution is 0.628. The molecule has 0 fully saturated rings. The van der Waals surface area contributed by atoms with Gasteiger partial charge in [-0.2, -0.15) is 0 Å². The quantitative estimate of drug-likeness (QED) is 0.836. The molecule has 0 saturated heterocycles. The molecule has 18 heavy (non-hydrogen) atoms. The standard InChI is InChI=1S/C13H14ClFN2S/c1-2-5-16-7-10-8-18-13(17-10)9-3-4-12(15)11(14)6-9/h3-4,6,8,16H,2,5,7H2,1H3. The van der Waals surface area contributed by atoms with E-state index in [-0.39, 0.29) is 5.02 Å². The molecule has 0 spiro atoms. The Balaban J connectivity index is 2.11. The highest BCUT2D eigenvalue weighted by Gasteiger charge is 2.07. The van der Waals surface area contributed by atoms with E-state index < -0.39 is 5.82 Å². The maximum atomic E-state index is 13.1. The van der Waals surface area contributed by atoms with Crippen molar-refractivity contribution in [2.24, 2.45) is 0 Å². The molecule has 1 heterocycles. The third-order valence-corrected chi connectivity index (χ3v) is 3.68. The first-order chi connectivity index (χ1) is 8.70. The minimum atomic E-state index is -0.401. The molecule has 0 aliphatic heterocycles. The van der Waals surface area contributed by atoms with Gasteiger partial charge in [-0.15, -0.1) is 11.3 Å². The Morgan fingerprint density at radius 3 is 3.00 bits per heavy atom. The molecule has 0 unspecified atom stereocenters. The summed E-state index contributed by atoms with van der Waals surface area (Å²) in [4.78, 5) is 4.50. The van der Waals surface area contributed by atoms with Crippen molar-refractivity contribution in [3.8, 4) is 10.6 Å². The Hall–Kier alpha value is -0.970. The summed E-state index contributed by atoms with van der Waals surface area (Å²) in [5.41, 5.74) is 1.86. The third-order valence-electron chi connectivity index (χ3n) is 2.45. The van der Waals surface area contributed by atoms with E-state index in [1.807, 2.05) is 5.38 Å². The molecule has 0 bridgehead atoms. The molecule has 2 nitrogen and oxygen atoms in total. The molecular weight excluding hydrogens is 271 g/mol. The summed E-state index contributed by atoms with van der Waals surface area (Å²) in [5, 5.41) is 6.30. The fourth-order valence-electron chi connectivity index (χ4n) is 1.54. The summed E-state index contributed by atoms with van der Waals surface area (Å²) >= 11 is 7.31.